The Morgan fingerprint density at radius 3 is 2.68 bits per heavy atom. The molecule has 1 aromatic heterocycles. The molecule has 7 heteroatoms. The summed E-state index contributed by atoms with van der Waals surface area (Å²) >= 11 is 0. The molecule has 3 N–H and O–H groups in total. The van der Waals surface area contributed by atoms with Crippen LogP contribution in [0, 0.1) is 6.92 Å². The van der Waals surface area contributed by atoms with Gasteiger partial charge in [-0.2, -0.15) is 0 Å². The maximum absolute atomic E-state index is 11.4. The van der Waals surface area contributed by atoms with E-state index < -0.39 is 0 Å². The summed E-state index contributed by atoms with van der Waals surface area (Å²) in [6.45, 7) is 3.01. The number of anilines is 3. The van der Waals surface area contributed by atoms with Crippen molar-refractivity contribution in [1.29, 1.82) is 0 Å². The highest BCUT2D eigenvalue weighted by Crippen LogP contribution is 2.17. The van der Waals surface area contributed by atoms with E-state index in [9.17, 15) is 9.59 Å². The molecule has 0 aliphatic heterocycles. The molecule has 0 saturated heterocycles. The van der Waals surface area contributed by atoms with Crippen molar-refractivity contribution in [2.75, 3.05) is 10.6 Å². The number of aromatic nitrogens is 3. The maximum atomic E-state index is 11.4. The number of hydrogen-bond donors (Lipinski definition) is 3. The van der Waals surface area contributed by atoms with Gasteiger partial charge in [0.2, 0.25) is 11.9 Å². The van der Waals surface area contributed by atoms with Crippen molar-refractivity contribution in [3.05, 3.63) is 40.3 Å². The van der Waals surface area contributed by atoms with Gasteiger partial charge in [0.25, 0.3) is 5.56 Å². The van der Waals surface area contributed by atoms with Gasteiger partial charge >= 0.3 is 0 Å². The Kier molecular flexibility index (Phi) is 3.56. The summed E-state index contributed by atoms with van der Waals surface area (Å²) in [5, 5.41) is 13.1. The molecular weight excluding hydrogens is 246 g/mol. The SMILES string of the molecule is CC(=O)Nc1cccc(Nc2nnc(C)c(=O)[nH]2)c1. The average Bonchev–Trinajstić information content (AvgIpc) is 2.33. The first-order chi connectivity index (χ1) is 9.04. The van der Waals surface area contributed by atoms with Crippen molar-refractivity contribution in [3.63, 3.8) is 0 Å². The summed E-state index contributed by atoms with van der Waals surface area (Å²) < 4.78 is 0. The van der Waals surface area contributed by atoms with Crippen LogP contribution >= 0.6 is 0 Å². The Balaban J connectivity index is 2.20. The summed E-state index contributed by atoms with van der Waals surface area (Å²) in [7, 11) is 0. The minimum atomic E-state index is -0.296. The molecule has 19 heavy (non-hydrogen) atoms. The number of benzene rings is 1. The molecule has 0 saturated carbocycles. The van der Waals surface area contributed by atoms with Crippen molar-refractivity contribution in [1.82, 2.24) is 15.2 Å². The zero-order valence-corrected chi connectivity index (χ0v) is 10.5. The van der Waals surface area contributed by atoms with Gasteiger partial charge < -0.3 is 10.6 Å². The lowest BCUT2D eigenvalue weighted by Gasteiger charge is -2.07. The molecule has 0 aliphatic rings. The van der Waals surface area contributed by atoms with Crippen LogP contribution in [0.15, 0.2) is 29.1 Å². The third-order valence-electron chi connectivity index (χ3n) is 2.31. The molecule has 2 rings (SSSR count). The number of rotatable bonds is 3. The Morgan fingerprint density at radius 2 is 2.00 bits per heavy atom. The van der Waals surface area contributed by atoms with Gasteiger partial charge in [-0.15, -0.1) is 10.2 Å². The fourth-order valence-electron chi connectivity index (χ4n) is 1.46. The number of carbonyl (C=O) groups is 1. The van der Waals surface area contributed by atoms with E-state index in [-0.39, 0.29) is 17.4 Å². The van der Waals surface area contributed by atoms with Crippen LogP contribution in [-0.2, 0) is 4.79 Å². The van der Waals surface area contributed by atoms with E-state index in [1.807, 2.05) is 0 Å². The molecule has 1 heterocycles. The second-order valence-corrected chi connectivity index (χ2v) is 3.98. The summed E-state index contributed by atoms with van der Waals surface area (Å²) in [6.07, 6.45) is 0. The lowest BCUT2D eigenvalue weighted by atomic mass is 10.3. The molecule has 0 atom stereocenters. The Labute approximate surface area is 109 Å². The Morgan fingerprint density at radius 1 is 1.26 bits per heavy atom. The van der Waals surface area contributed by atoms with E-state index >= 15 is 0 Å². The van der Waals surface area contributed by atoms with Gasteiger partial charge in [-0.25, -0.2) is 0 Å². The highest BCUT2D eigenvalue weighted by molar-refractivity contribution is 5.89. The smallest absolute Gasteiger partial charge is 0.273 e. The predicted octanol–water partition coefficient (Wildman–Crippen LogP) is 1.18. The number of nitrogens with one attached hydrogen (secondary N) is 3. The van der Waals surface area contributed by atoms with Crippen LogP contribution in [0.2, 0.25) is 0 Å². The largest absolute Gasteiger partial charge is 0.326 e. The van der Waals surface area contributed by atoms with Crippen molar-refractivity contribution in [3.8, 4) is 0 Å². The molecule has 7 nitrogen and oxygen atoms in total. The second kappa shape index (κ2) is 5.30. The molecule has 0 aliphatic carbocycles. The maximum Gasteiger partial charge on any atom is 0.273 e. The molecular formula is C12H13N5O2. The Hall–Kier alpha value is -2.70. The van der Waals surface area contributed by atoms with Gasteiger partial charge in [0.05, 0.1) is 0 Å². The number of carbonyl (C=O) groups excluding carboxylic acids is 1. The highest BCUT2D eigenvalue weighted by atomic mass is 16.1. The van der Waals surface area contributed by atoms with Gasteiger partial charge in [-0.05, 0) is 25.1 Å². The van der Waals surface area contributed by atoms with Crippen LogP contribution in [0.4, 0.5) is 17.3 Å². The van der Waals surface area contributed by atoms with Crippen molar-refractivity contribution < 1.29 is 4.79 Å². The first kappa shape index (κ1) is 12.7. The first-order valence-corrected chi connectivity index (χ1v) is 5.63. The summed E-state index contributed by atoms with van der Waals surface area (Å²) in [6, 6.07) is 7.04. The molecule has 0 spiro atoms. The summed E-state index contributed by atoms with van der Waals surface area (Å²) in [4.78, 5) is 24.9. The lowest BCUT2D eigenvalue weighted by molar-refractivity contribution is -0.114. The van der Waals surface area contributed by atoms with Gasteiger partial charge in [0.15, 0.2) is 0 Å². The van der Waals surface area contributed by atoms with E-state index in [1.165, 1.54) is 6.92 Å². The first-order valence-electron chi connectivity index (χ1n) is 5.63. The molecule has 0 bridgehead atoms. The van der Waals surface area contributed by atoms with Gasteiger partial charge in [-0.1, -0.05) is 6.07 Å². The van der Waals surface area contributed by atoms with Crippen LogP contribution < -0.4 is 16.2 Å². The average molecular weight is 259 g/mol. The number of nitrogens with zero attached hydrogens (tertiary/aromatic N) is 2. The van der Waals surface area contributed by atoms with Crippen LogP contribution in [-0.4, -0.2) is 21.1 Å². The molecule has 0 radical (unpaired) electrons. The van der Waals surface area contributed by atoms with Crippen LogP contribution in [0.5, 0.6) is 0 Å². The van der Waals surface area contributed by atoms with Crippen LogP contribution in [0.3, 0.4) is 0 Å². The summed E-state index contributed by atoms with van der Waals surface area (Å²) in [5.74, 6) is 0.0938. The van der Waals surface area contributed by atoms with Crippen molar-refractivity contribution >= 4 is 23.2 Å². The Bertz CT molecular complexity index is 665. The minimum absolute atomic E-state index is 0.152. The number of hydrogen-bond acceptors (Lipinski definition) is 5. The zero-order valence-electron chi connectivity index (χ0n) is 10.5. The monoisotopic (exact) mass is 259 g/mol. The molecule has 2 aromatic rings. The fourth-order valence-corrected chi connectivity index (χ4v) is 1.46. The number of aryl methyl sites for hydroxylation is 1. The minimum Gasteiger partial charge on any atom is -0.326 e. The number of aromatic amines is 1. The normalized spacial score (nSPS) is 10.0. The second-order valence-electron chi connectivity index (χ2n) is 3.98. The molecule has 0 unspecified atom stereocenters. The van der Waals surface area contributed by atoms with Gasteiger partial charge in [-0.3, -0.25) is 14.6 Å². The zero-order chi connectivity index (χ0) is 13.8. The standard InChI is InChI=1S/C12H13N5O2/c1-7-11(19)15-12(17-16-7)14-10-5-3-4-9(6-10)13-8(2)18/h3-6H,1-2H3,(H,13,18)(H2,14,15,17,19). The lowest BCUT2D eigenvalue weighted by Crippen LogP contribution is -2.15. The predicted molar refractivity (Wildman–Crippen MR) is 71.4 cm³/mol. The van der Waals surface area contributed by atoms with Crippen molar-refractivity contribution in [2.24, 2.45) is 0 Å². The highest BCUT2D eigenvalue weighted by Gasteiger charge is 2.02. The molecule has 1 aromatic carbocycles. The van der Waals surface area contributed by atoms with Gasteiger partial charge in [0.1, 0.15) is 5.69 Å². The van der Waals surface area contributed by atoms with E-state index in [0.717, 1.165) is 0 Å². The summed E-state index contributed by atoms with van der Waals surface area (Å²) in [5.41, 5.74) is 1.34. The van der Waals surface area contributed by atoms with E-state index in [0.29, 0.717) is 17.1 Å². The van der Waals surface area contributed by atoms with Crippen LogP contribution in [0.25, 0.3) is 0 Å². The van der Waals surface area contributed by atoms with Gasteiger partial charge in [0, 0.05) is 18.3 Å². The third kappa shape index (κ3) is 3.38. The fraction of sp³-hybridized carbons (Fsp3) is 0.167. The van der Waals surface area contributed by atoms with Crippen molar-refractivity contribution in [2.45, 2.75) is 13.8 Å². The molecule has 98 valence electrons. The van der Waals surface area contributed by atoms with E-state index in [2.05, 4.69) is 25.8 Å². The van der Waals surface area contributed by atoms with E-state index in [1.54, 1.807) is 31.2 Å². The number of amides is 1. The van der Waals surface area contributed by atoms with Crippen LogP contribution in [0.1, 0.15) is 12.6 Å². The van der Waals surface area contributed by atoms with E-state index in [4.69, 9.17) is 0 Å². The molecule has 0 fully saturated rings. The quantitative estimate of drug-likeness (QED) is 0.768. The topological polar surface area (TPSA) is 99.8 Å². The third-order valence-corrected chi connectivity index (χ3v) is 2.31. The number of H-pyrrole nitrogens is 1. The molecule has 1 amide bonds.